The minimum atomic E-state index is -3.62. The number of hydrogen-bond donors (Lipinski definition) is 1. The number of hydrogen-bond acceptors (Lipinski definition) is 5. The van der Waals surface area contributed by atoms with Crippen LogP contribution in [0.15, 0.2) is 77.7 Å². The van der Waals surface area contributed by atoms with E-state index in [9.17, 15) is 8.42 Å². The highest BCUT2D eigenvalue weighted by atomic mass is 32.2. The molecule has 6 nitrogen and oxygen atoms in total. The Labute approximate surface area is 189 Å². The molecule has 1 heterocycles. The van der Waals surface area contributed by atoms with Gasteiger partial charge in [-0.2, -0.15) is 0 Å². The summed E-state index contributed by atoms with van der Waals surface area (Å²) in [6, 6.07) is 22.5. The molecule has 3 aromatic rings. The maximum Gasteiger partial charge on any atom is 0.240 e. The molecular weight excluding hydrogens is 424 g/mol. The van der Waals surface area contributed by atoms with E-state index in [1.807, 2.05) is 30.3 Å². The SMILES string of the molecule is COc1cc2c(cc1OC)[C@@H](CNS(=O)(=O)c1ccccc1)N(Cc1ccccc1)CC2. The van der Waals surface area contributed by atoms with Gasteiger partial charge in [-0.25, -0.2) is 13.1 Å². The molecule has 0 amide bonds. The van der Waals surface area contributed by atoms with Crippen molar-refractivity contribution in [3.8, 4) is 11.5 Å². The molecule has 1 N–H and O–H groups in total. The Morgan fingerprint density at radius 2 is 1.56 bits per heavy atom. The van der Waals surface area contributed by atoms with Gasteiger partial charge in [-0.3, -0.25) is 4.90 Å². The van der Waals surface area contributed by atoms with Crippen LogP contribution in [0.4, 0.5) is 0 Å². The van der Waals surface area contributed by atoms with E-state index in [0.29, 0.717) is 11.5 Å². The fourth-order valence-corrected chi connectivity index (χ4v) is 5.26. The molecule has 4 rings (SSSR count). The second kappa shape index (κ2) is 9.73. The van der Waals surface area contributed by atoms with Crippen molar-refractivity contribution in [2.75, 3.05) is 27.3 Å². The summed E-state index contributed by atoms with van der Waals surface area (Å²) in [6.45, 7) is 1.80. The maximum absolute atomic E-state index is 12.9. The molecule has 1 aliphatic rings. The lowest BCUT2D eigenvalue weighted by molar-refractivity contribution is 0.176. The molecule has 0 bridgehead atoms. The first-order valence-corrected chi connectivity index (χ1v) is 12.1. The van der Waals surface area contributed by atoms with Crippen LogP contribution in [0.1, 0.15) is 22.7 Å². The molecule has 0 spiro atoms. The predicted molar refractivity (Wildman–Crippen MR) is 124 cm³/mol. The summed E-state index contributed by atoms with van der Waals surface area (Å²) >= 11 is 0. The molecule has 0 saturated heterocycles. The summed E-state index contributed by atoms with van der Waals surface area (Å²) in [6.07, 6.45) is 0.852. The predicted octanol–water partition coefficient (Wildman–Crippen LogP) is 3.78. The van der Waals surface area contributed by atoms with Crippen LogP contribution in [-0.2, 0) is 23.0 Å². The molecule has 0 unspecified atom stereocenters. The number of sulfonamides is 1. The fraction of sp³-hybridized carbons (Fsp3) is 0.280. The third-order valence-corrected chi connectivity index (χ3v) is 7.30. The van der Waals surface area contributed by atoms with Crippen LogP contribution in [0.5, 0.6) is 11.5 Å². The van der Waals surface area contributed by atoms with Gasteiger partial charge in [-0.05, 0) is 47.4 Å². The van der Waals surface area contributed by atoms with E-state index >= 15 is 0 Å². The van der Waals surface area contributed by atoms with Gasteiger partial charge in [0.25, 0.3) is 0 Å². The summed E-state index contributed by atoms with van der Waals surface area (Å²) in [5.41, 5.74) is 3.39. The summed E-state index contributed by atoms with van der Waals surface area (Å²) < 4.78 is 39.6. The van der Waals surface area contributed by atoms with Gasteiger partial charge in [-0.15, -0.1) is 0 Å². The molecule has 1 aliphatic heterocycles. The van der Waals surface area contributed by atoms with Crippen molar-refractivity contribution in [1.82, 2.24) is 9.62 Å². The summed E-state index contributed by atoms with van der Waals surface area (Å²) in [5.74, 6) is 1.33. The maximum atomic E-state index is 12.9. The third kappa shape index (κ3) is 4.80. The second-order valence-electron chi connectivity index (χ2n) is 7.79. The first-order chi connectivity index (χ1) is 15.5. The molecule has 3 aromatic carbocycles. The van der Waals surface area contributed by atoms with E-state index in [1.165, 1.54) is 5.56 Å². The molecule has 0 saturated carbocycles. The zero-order valence-electron chi connectivity index (χ0n) is 18.3. The topological polar surface area (TPSA) is 67.9 Å². The molecule has 32 heavy (non-hydrogen) atoms. The van der Waals surface area contributed by atoms with E-state index < -0.39 is 10.0 Å². The number of methoxy groups -OCH3 is 2. The van der Waals surface area contributed by atoms with Gasteiger partial charge in [0.05, 0.1) is 19.1 Å². The number of nitrogens with one attached hydrogen (secondary N) is 1. The summed E-state index contributed by atoms with van der Waals surface area (Å²) in [4.78, 5) is 2.58. The van der Waals surface area contributed by atoms with Crippen LogP contribution in [0.2, 0.25) is 0 Å². The van der Waals surface area contributed by atoms with Crippen molar-refractivity contribution in [2.24, 2.45) is 0 Å². The van der Waals surface area contributed by atoms with Crippen molar-refractivity contribution in [3.63, 3.8) is 0 Å². The lowest BCUT2D eigenvalue weighted by Crippen LogP contribution is -2.41. The molecule has 168 valence electrons. The Morgan fingerprint density at radius 1 is 0.938 bits per heavy atom. The highest BCUT2D eigenvalue weighted by Gasteiger charge is 2.30. The molecule has 7 heteroatoms. The first kappa shape index (κ1) is 22.3. The van der Waals surface area contributed by atoms with E-state index in [0.717, 1.165) is 30.6 Å². The average Bonchev–Trinajstić information content (AvgIpc) is 2.83. The van der Waals surface area contributed by atoms with Gasteiger partial charge >= 0.3 is 0 Å². The molecule has 0 aliphatic carbocycles. The van der Waals surface area contributed by atoms with Crippen molar-refractivity contribution in [1.29, 1.82) is 0 Å². The molecule has 0 aromatic heterocycles. The Balaban J connectivity index is 1.67. The van der Waals surface area contributed by atoms with Gasteiger partial charge in [0.2, 0.25) is 10.0 Å². The minimum Gasteiger partial charge on any atom is -0.493 e. The van der Waals surface area contributed by atoms with Crippen LogP contribution >= 0.6 is 0 Å². The zero-order valence-corrected chi connectivity index (χ0v) is 19.1. The van der Waals surface area contributed by atoms with E-state index in [-0.39, 0.29) is 17.5 Å². The van der Waals surface area contributed by atoms with Crippen molar-refractivity contribution < 1.29 is 17.9 Å². The number of fused-ring (bicyclic) bond motifs is 1. The monoisotopic (exact) mass is 452 g/mol. The molecule has 1 atom stereocenters. The van der Waals surface area contributed by atoms with Crippen molar-refractivity contribution >= 4 is 10.0 Å². The summed E-state index contributed by atoms with van der Waals surface area (Å²) in [7, 11) is -0.381. The highest BCUT2D eigenvalue weighted by Crippen LogP contribution is 2.38. The molecular formula is C25H28N2O4S. The van der Waals surface area contributed by atoms with Crippen LogP contribution in [0.3, 0.4) is 0 Å². The average molecular weight is 453 g/mol. The van der Waals surface area contributed by atoms with Gasteiger partial charge in [-0.1, -0.05) is 48.5 Å². The molecule has 0 radical (unpaired) electrons. The van der Waals surface area contributed by atoms with Crippen molar-refractivity contribution in [2.45, 2.75) is 23.9 Å². The smallest absolute Gasteiger partial charge is 0.240 e. The first-order valence-electron chi connectivity index (χ1n) is 10.6. The molecule has 0 fully saturated rings. The largest absolute Gasteiger partial charge is 0.493 e. The van der Waals surface area contributed by atoms with Crippen LogP contribution in [-0.4, -0.2) is 40.6 Å². The van der Waals surface area contributed by atoms with E-state index in [2.05, 4.69) is 21.8 Å². The summed E-state index contributed by atoms with van der Waals surface area (Å²) in [5, 5.41) is 0. The van der Waals surface area contributed by atoms with Gasteiger partial charge in [0.15, 0.2) is 11.5 Å². The Morgan fingerprint density at radius 3 is 2.22 bits per heavy atom. The number of benzene rings is 3. The lowest BCUT2D eigenvalue weighted by Gasteiger charge is -2.38. The third-order valence-electron chi connectivity index (χ3n) is 5.86. The van der Waals surface area contributed by atoms with Gasteiger partial charge < -0.3 is 9.47 Å². The van der Waals surface area contributed by atoms with Gasteiger partial charge in [0, 0.05) is 25.7 Å². The Hall–Kier alpha value is -2.87. The van der Waals surface area contributed by atoms with E-state index in [1.54, 1.807) is 44.6 Å². The number of rotatable bonds is 8. The number of nitrogens with zero attached hydrogens (tertiary/aromatic N) is 1. The lowest BCUT2D eigenvalue weighted by atomic mass is 9.91. The van der Waals surface area contributed by atoms with Gasteiger partial charge in [0.1, 0.15) is 0 Å². The Bertz CT molecular complexity index is 1150. The van der Waals surface area contributed by atoms with Crippen molar-refractivity contribution in [3.05, 3.63) is 89.5 Å². The second-order valence-corrected chi connectivity index (χ2v) is 9.56. The fourth-order valence-electron chi connectivity index (χ4n) is 4.20. The van der Waals surface area contributed by atoms with E-state index in [4.69, 9.17) is 9.47 Å². The quantitative estimate of drug-likeness (QED) is 0.563. The van der Waals surface area contributed by atoms with Crippen LogP contribution < -0.4 is 14.2 Å². The Kier molecular flexibility index (Phi) is 6.79. The minimum absolute atomic E-state index is 0.141. The number of ether oxygens (including phenoxy) is 2. The standard InChI is InChI=1S/C25H28N2O4S/c1-30-24-15-20-13-14-27(18-19-9-5-3-6-10-19)23(22(20)16-25(24)31-2)17-26-32(28,29)21-11-7-4-8-12-21/h3-12,15-16,23,26H,13-14,17-18H2,1-2H3/t23-/m1/s1. The van der Waals surface area contributed by atoms with Crippen LogP contribution in [0, 0.1) is 0 Å². The normalized spacial score (nSPS) is 16.4. The zero-order chi connectivity index (χ0) is 22.6. The van der Waals surface area contributed by atoms with Crippen LogP contribution in [0.25, 0.3) is 0 Å². The highest BCUT2D eigenvalue weighted by molar-refractivity contribution is 7.89.